The van der Waals surface area contributed by atoms with Gasteiger partial charge in [0.05, 0.1) is 6.42 Å². The molecule has 0 aliphatic carbocycles. The standard InChI is InChI=1S/C12H14BrF2NO/c1-8(5-6-13)16-11(17)7-9-3-2-4-10(14)12(9)15/h2-4,8H,5-7H2,1H3,(H,16,17). The first-order chi connectivity index (χ1) is 8.04. The van der Waals surface area contributed by atoms with Crippen LogP contribution in [0.5, 0.6) is 0 Å². The Balaban J connectivity index is 2.59. The van der Waals surface area contributed by atoms with Crippen LogP contribution in [0.1, 0.15) is 18.9 Å². The van der Waals surface area contributed by atoms with Gasteiger partial charge in [0.1, 0.15) is 0 Å². The molecule has 2 nitrogen and oxygen atoms in total. The third-order valence-corrected chi connectivity index (χ3v) is 2.79. The van der Waals surface area contributed by atoms with Gasteiger partial charge in [-0.1, -0.05) is 28.1 Å². The minimum Gasteiger partial charge on any atom is -0.353 e. The monoisotopic (exact) mass is 305 g/mol. The van der Waals surface area contributed by atoms with Crippen molar-refractivity contribution in [2.45, 2.75) is 25.8 Å². The molecule has 0 spiro atoms. The number of amides is 1. The molecule has 1 unspecified atom stereocenters. The summed E-state index contributed by atoms with van der Waals surface area (Å²) in [6.07, 6.45) is 0.646. The summed E-state index contributed by atoms with van der Waals surface area (Å²) in [5.74, 6) is -2.18. The van der Waals surface area contributed by atoms with Crippen LogP contribution in [0.4, 0.5) is 8.78 Å². The van der Waals surface area contributed by atoms with Crippen LogP contribution >= 0.6 is 15.9 Å². The molecule has 0 fully saturated rings. The summed E-state index contributed by atoms with van der Waals surface area (Å²) < 4.78 is 26.2. The third-order valence-electron chi connectivity index (χ3n) is 2.33. The zero-order valence-electron chi connectivity index (χ0n) is 9.47. The van der Waals surface area contributed by atoms with Crippen molar-refractivity contribution in [3.8, 4) is 0 Å². The Morgan fingerprint density at radius 2 is 2.18 bits per heavy atom. The molecule has 94 valence electrons. The Bertz CT molecular complexity index is 398. The quantitative estimate of drug-likeness (QED) is 0.833. The molecule has 1 aromatic rings. The summed E-state index contributed by atoms with van der Waals surface area (Å²) in [6.45, 7) is 1.86. The molecule has 1 N–H and O–H groups in total. The summed E-state index contributed by atoms with van der Waals surface area (Å²) >= 11 is 3.27. The van der Waals surface area contributed by atoms with Crippen LogP contribution in [0.15, 0.2) is 18.2 Å². The van der Waals surface area contributed by atoms with Crippen LogP contribution in [0, 0.1) is 11.6 Å². The Hall–Kier alpha value is -0.970. The second kappa shape index (κ2) is 6.69. The smallest absolute Gasteiger partial charge is 0.224 e. The number of benzene rings is 1. The Morgan fingerprint density at radius 1 is 1.47 bits per heavy atom. The van der Waals surface area contributed by atoms with Gasteiger partial charge >= 0.3 is 0 Å². The highest BCUT2D eigenvalue weighted by Crippen LogP contribution is 2.11. The van der Waals surface area contributed by atoms with Gasteiger partial charge in [-0.2, -0.15) is 0 Å². The first kappa shape index (κ1) is 14.1. The summed E-state index contributed by atoms with van der Waals surface area (Å²) in [6, 6.07) is 3.85. The molecule has 0 aliphatic heterocycles. The number of halogens is 3. The van der Waals surface area contributed by atoms with Gasteiger partial charge in [0, 0.05) is 16.9 Å². The van der Waals surface area contributed by atoms with Crippen LogP contribution in [0.3, 0.4) is 0 Å². The maximum Gasteiger partial charge on any atom is 0.224 e. The molecule has 17 heavy (non-hydrogen) atoms. The number of nitrogens with one attached hydrogen (secondary N) is 1. The molecule has 1 rings (SSSR count). The number of hydrogen-bond donors (Lipinski definition) is 1. The maximum atomic E-state index is 13.3. The number of carbonyl (C=O) groups excluding carboxylic acids is 1. The first-order valence-corrected chi connectivity index (χ1v) is 6.45. The van der Waals surface area contributed by atoms with Crippen LogP contribution in [0.25, 0.3) is 0 Å². The fraction of sp³-hybridized carbons (Fsp3) is 0.417. The lowest BCUT2D eigenvalue weighted by atomic mass is 10.1. The summed E-state index contributed by atoms with van der Waals surface area (Å²) in [5, 5.41) is 3.50. The van der Waals surface area contributed by atoms with E-state index in [4.69, 9.17) is 0 Å². The predicted octanol–water partition coefficient (Wildman–Crippen LogP) is 2.80. The second-order valence-electron chi connectivity index (χ2n) is 3.84. The highest BCUT2D eigenvalue weighted by Gasteiger charge is 2.12. The molecule has 1 amide bonds. The van der Waals surface area contributed by atoms with Gasteiger partial charge in [0.25, 0.3) is 0 Å². The zero-order valence-corrected chi connectivity index (χ0v) is 11.1. The van der Waals surface area contributed by atoms with Crippen molar-refractivity contribution in [2.24, 2.45) is 0 Å². The summed E-state index contributed by atoms with van der Waals surface area (Å²) in [7, 11) is 0. The number of alkyl halides is 1. The highest BCUT2D eigenvalue weighted by atomic mass is 79.9. The SMILES string of the molecule is CC(CCBr)NC(=O)Cc1cccc(F)c1F. The van der Waals surface area contributed by atoms with Gasteiger partial charge in [0.2, 0.25) is 5.91 Å². The molecule has 1 aromatic carbocycles. The van der Waals surface area contributed by atoms with Crippen LogP contribution in [0.2, 0.25) is 0 Å². The predicted molar refractivity (Wildman–Crippen MR) is 66.1 cm³/mol. The molecule has 0 heterocycles. The number of hydrogen-bond acceptors (Lipinski definition) is 1. The first-order valence-electron chi connectivity index (χ1n) is 5.32. The van der Waals surface area contributed by atoms with Crippen molar-refractivity contribution in [3.05, 3.63) is 35.4 Å². The van der Waals surface area contributed by atoms with E-state index in [1.807, 2.05) is 6.92 Å². The molecule has 0 radical (unpaired) electrons. The topological polar surface area (TPSA) is 29.1 Å². The largest absolute Gasteiger partial charge is 0.353 e. The van der Waals surface area contributed by atoms with Gasteiger partial charge in [-0.3, -0.25) is 4.79 Å². The summed E-state index contributed by atoms with van der Waals surface area (Å²) in [4.78, 5) is 11.5. The van der Waals surface area contributed by atoms with E-state index in [0.717, 1.165) is 17.8 Å². The van der Waals surface area contributed by atoms with E-state index in [1.54, 1.807) is 0 Å². The molecule has 0 bridgehead atoms. The lowest BCUT2D eigenvalue weighted by Crippen LogP contribution is -2.34. The fourth-order valence-corrected chi connectivity index (χ4v) is 2.11. The molecule has 5 heteroatoms. The van der Waals surface area contributed by atoms with Crippen molar-refractivity contribution in [3.63, 3.8) is 0 Å². The molecule has 0 aliphatic rings. The molecule has 1 atom stereocenters. The minimum absolute atomic E-state index is 0.0125. The Morgan fingerprint density at radius 3 is 2.82 bits per heavy atom. The lowest BCUT2D eigenvalue weighted by Gasteiger charge is -2.12. The normalized spacial score (nSPS) is 12.2. The van der Waals surface area contributed by atoms with E-state index >= 15 is 0 Å². The van der Waals surface area contributed by atoms with E-state index in [-0.39, 0.29) is 23.9 Å². The van der Waals surface area contributed by atoms with Gasteiger partial charge in [-0.05, 0) is 19.4 Å². The van der Waals surface area contributed by atoms with Crippen molar-refractivity contribution in [1.82, 2.24) is 5.32 Å². The van der Waals surface area contributed by atoms with Gasteiger partial charge < -0.3 is 5.32 Å². The molecule has 0 saturated carbocycles. The average Bonchev–Trinajstić information content (AvgIpc) is 2.25. The molecule has 0 saturated heterocycles. The van der Waals surface area contributed by atoms with E-state index in [0.29, 0.717) is 0 Å². The van der Waals surface area contributed by atoms with Gasteiger partial charge in [-0.25, -0.2) is 8.78 Å². The number of carbonyl (C=O) groups is 1. The van der Waals surface area contributed by atoms with Crippen LogP contribution in [-0.4, -0.2) is 17.3 Å². The van der Waals surface area contributed by atoms with Crippen LogP contribution in [-0.2, 0) is 11.2 Å². The molecular weight excluding hydrogens is 292 g/mol. The van der Waals surface area contributed by atoms with E-state index in [9.17, 15) is 13.6 Å². The van der Waals surface area contributed by atoms with Crippen molar-refractivity contribution < 1.29 is 13.6 Å². The second-order valence-corrected chi connectivity index (χ2v) is 4.63. The van der Waals surface area contributed by atoms with Crippen LogP contribution < -0.4 is 5.32 Å². The minimum atomic E-state index is -0.948. The maximum absolute atomic E-state index is 13.3. The Labute approximate surface area is 108 Å². The highest BCUT2D eigenvalue weighted by molar-refractivity contribution is 9.09. The van der Waals surface area contributed by atoms with Gasteiger partial charge in [-0.15, -0.1) is 0 Å². The number of rotatable bonds is 5. The van der Waals surface area contributed by atoms with Crippen molar-refractivity contribution >= 4 is 21.8 Å². The van der Waals surface area contributed by atoms with Crippen molar-refractivity contribution in [2.75, 3.05) is 5.33 Å². The van der Waals surface area contributed by atoms with E-state index in [2.05, 4.69) is 21.2 Å². The third kappa shape index (κ3) is 4.42. The van der Waals surface area contributed by atoms with E-state index in [1.165, 1.54) is 12.1 Å². The lowest BCUT2D eigenvalue weighted by molar-refractivity contribution is -0.121. The Kier molecular flexibility index (Phi) is 5.55. The molecular formula is C12H14BrF2NO. The van der Waals surface area contributed by atoms with Gasteiger partial charge in [0.15, 0.2) is 11.6 Å². The average molecular weight is 306 g/mol. The zero-order chi connectivity index (χ0) is 12.8. The summed E-state index contributed by atoms with van der Waals surface area (Å²) in [5.41, 5.74) is 0.0774. The van der Waals surface area contributed by atoms with Crippen molar-refractivity contribution in [1.29, 1.82) is 0 Å². The fourth-order valence-electron chi connectivity index (χ4n) is 1.42. The van der Waals surface area contributed by atoms with E-state index < -0.39 is 11.6 Å². The molecule has 0 aromatic heterocycles.